The number of anilines is 2. The van der Waals surface area contributed by atoms with Crippen LogP contribution in [0.1, 0.15) is 61.3 Å². The van der Waals surface area contributed by atoms with Crippen molar-refractivity contribution in [3.05, 3.63) is 104 Å². The van der Waals surface area contributed by atoms with Gasteiger partial charge in [-0.2, -0.15) is 0 Å². The van der Waals surface area contributed by atoms with Gasteiger partial charge >= 0.3 is 0 Å². The van der Waals surface area contributed by atoms with Gasteiger partial charge in [-0.05, 0) is 75.2 Å². The third-order valence-corrected chi connectivity index (χ3v) is 6.56. The van der Waals surface area contributed by atoms with Crippen LogP contribution in [0.25, 0.3) is 0 Å². The van der Waals surface area contributed by atoms with Crippen LogP contribution in [0.4, 0.5) is 22.7 Å². The summed E-state index contributed by atoms with van der Waals surface area (Å²) in [6.45, 7) is 7.76. The van der Waals surface area contributed by atoms with Crippen molar-refractivity contribution in [1.29, 1.82) is 0 Å². The van der Waals surface area contributed by atoms with Crippen LogP contribution in [0.5, 0.6) is 0 Å². The Bertz CT molecular complexity index is 1200. The molecule has 0 aromatic heterocycles. The van der Waals surface area contributed by atoms with Gasteiger partial charge < -0.3 is 9.80 Å². The van der Waals surface area contributed by atoms with Crippen molar-refractivity contribution >= 4 is 34.6 Å². The summed E-state index contributed by atoms with van der Waals surface area (Å²) in [7, 11) is 0. The normalized spacial score (nSPS) is 12.3. The van der Waals surface area contributed by atoms with Crippen LogP contribution in [0.15, 0.2) is 72.8 Å². The van der Waals surface area contributed by atoms with Crippen LogP contribution in [-0.4, -0.2) is 33.7 Å². The van der Waals surface area contributed by atoms with Gasteiger partial charge in [0.15, 0.2) is 0 Å². The average Bonchev–Trinajstić information content (AvgIpc) is 2.93. The highest BCUT2D eigenvalue weighted by molar-refractivity contribution is 6.08. The Balaban J connectivity index is 1.94. The zero-order chi connectivity index (χ0) is 28.0. The lowest BCUT2D eigenvalue weighted by molar-refractivity contribution is -0.385. The molecule has 2 amide bonds. The number of hydrogen-bond donors (Lipinski definition) is 0. The molecule has 0 saturated heterocycles. The second kappa shape index (κ2) is 12.1. The minimum absolute atomic E-state index is 0.0937. The van der Waals surface area contributed by atoms with Crippen molar-refractivity contribution < 1.29 is 19.4 Å². The van der Waals surface area contributed by atoms with Crippen molar-refractivity contribution in [3.63, 3.8) is 0 Å². The van der Waals surface area contributed by atoms with Crippen LogP contribution in [0, 0.1) is 20.2 Å². The molecule has 0 fully saturated rings. The molecule has 0 aliphatic heterocycles. The van der Waals surface area contributed by atoms with Gasteiger partial charge in [-0.25, -0.2) is 0 Å². The molecule has 0 N–H and O–H groups in total. The fourth-order valence-electron chi connectivity index (χ4n) is 4.01. The molecule has 0 heterocycles. The summed E-state index contributed by atoms with van der Waals surface area (Å²) in [5.74, 6) is -0.578. The van der Waals surface area contributed by atoms with E-state index in [-0.39, 0.29) is 35.3 Å². The van der Waals surface area contributed by atoms with Crippen molar-refractivity contribution in [2.24, 2.45) is 0 Å². The number of carbonyl (C=O) groups is 2. The van der Waals surface area contributed by atoms with Crippen LogP contribution >= 0.6 is 0 Å². The Labute approximate surface area is 220 Å². The summed E-state index contributed by atoms with van der Waals surface area (Å²) in [6.07, 6.45) is 1.36. The Morgan fingerprint density at radius 2 is 0.921 bits per heavy atom. The zero-order valence-electron chi connectivity index (χ0n) is 21.7. The maximum atomic E-state index is 13.4. The lowest BCUT2D eigenvalue weighted by Gasteiger charge is -2.31. The molecule has 0 saturated carbocycles. The zero-order valence-corrected chi connectivity index (χ0v) is 21.7. The molecule has 0 spiro atoms. The van der Waals surface area contributed by atoms with E-state index in [0.29, 0.717) is 35.3 Å². The standard InChI is InChI=1S/C28H30N4O6/c1-5-19(3)29(27(33)21-7-11-25(12-8-21)31(35)36)23-15-17-24(18-16-23)30(20(4)6-2)28(34)22-9-13-26(14-10-22)32(37)38/h7-20H,5-6H2,1-4H3/t19-,20+. The highest BCUT2D eigenvalue weighted by Crippen LogP contribution is 2.28. The molecule has 0 aliphatic rings. The molecular formula is C28H30N4O6. The molecule has 2 atom stereocenters. The number of carbonyl (C=O) groups excluding carboxylic acids is 2. The van der Waals surface area contributed by atoms with E-state index in [4.69, 9.17) is 0 Å². The minimum atomic E-state index is -0.513. The highest BCUT2D eigenvalue weighted by atomic mass is 16.6. The van der Waals surface area contributed by atoms with E-state index < -0.39 is 9.85 Å². The van der Waals surface area contributed by atoms with E-state index in [1.54, 1.807) is 34.1 Å². The third kappa shape index (κ3) is 6.03. The number of nitro groups is 2. The summed E-state index contributed by atoms with van der Waals surface area (Å²) in [6, 6.07) is 17.7. The van der Waals surface area contributed by atoms with Crippen molar-refractivity contribution in [2.75, 3.05) is 9.80 Å². The first kappa shape index (κ1) is 28.0. The largest absolute Gasteiger partial charge is 0.306 e. The molecule has 0 radical (unpaired) electrons. The summed E-state index contributed by atoms with van der Waals surface area (Å²) >= 11 is 0. The first-order chi connectivity index (χ1) is 18.1. The lowest BCUT2D eigenvalue weighted by Crippen LogP contribution is -2.39. The summed E-state index contributed by atoms with van der Waals surface area (Å²) < 4.78 is 0. The van der Waals surface area contributed by atoms with Gasteiger partial charge in [0.1, 0.15) is 0 Å². The second-order valence-corrected chi connectivity index (χ2v) is 8.99. The average molecular weight is 519 g/mol. The number of rotatable bonds is 10. The van der Waals surface area contributed by atoms with E-state index in [1.165, 1.54) is 48.5 Å². The maximum Gasteiger partial charge on any atom is 0.269 e. The SMILES string of the molecule is CC[C@@H](C)N(C(=O)c1ccc([N+](=O)[O-])cc1)c1ccc(N(C(=O)c2ccc([N+](=O)[O-])cc2)[C@@H](C)CC)cc1. The summed E-state index contributed by atoms with van der Waals surface area (Å²) in [5.41, 5.74) is 1.72. The van der Waals surface area contributed by atoms with Crippen LogP contribution in [-0.2, 0) is 0 Å². The second-order valence-electron chi connectivity index (χ2n) is 8.99. The monoisotopic (exact) mass is 518 g/mol. The molecule has 3 aromatic carbocycles. The Kier molecular flexibility index (Phi) is 8.90. The molecule has 0 aliphatic carbocycles. The molecule has 3 rings (SSSR count). The smallest absolute Gasteiger partial charge is 0.269 e. The molecular weight excluding hydrogens is 488 g/mol. The van der Waals surface area contributed by atoms with Gasteiger partial charge in [0.2, 0.25) is 0 Å². The fourth-order valence-corrected chi connectivity index (χ4v) is 4.01. The van der Waals surface area contributed by atoms with Crippen molar-refractivity contribution in [1.82, 2.24) is 0 Å². The quantitative estimate of drug-likeness (QED) is 0.226. The van der Waals surface area contributed by atoms with Gasteiger partial charge in [0.05, 0.1) is 9.85 Å². The van der Waals surface area contributed by atoms with Crippen molar-refractivity contribution in [2.45, 2.75) is 52.6 Å². The fraction of sp³-hybridized carbons (Fsp3) is 0.286. The van der Waals surface area contributed by atoms with Gasteiger partial charge in [0, 0.05) is 58.9 Å². The topological polar surface area (TPSA) is 127 Å². The third-order valence-electron chi connectivity index (χ3n) is 6.56. The van der Waals surface area contributed by atoms with Gasteiger partial charge in [-0.3, -0.25) is 29.8 Å². The number of nitrogens with zero attached hydrogens (tertiary/aromatic N) is 4. The maximum absolute atomic E-state index is 13.4. The minimum Gasteiger partial charge on any atom is -0.306 e. The number of amides is 2. The first-order valence-corrected chi connectivity index (χ1v) is 12.3. The lowest BCUT2D eigenvalue weighted by atomic mass is 10.1. The molecule has 198 valence electrons. The van der Waals surface area contributed by atoms with Crippen LogP contribution < -0.4 is 9.80 Å². The highest BCUT2D eigenvalue weighted by Gasteiger charge is 2.26. The van der Waals surface area contributed by atoms with E-state index >= 15 is 0 Å². The molecule has 38 heavy (non-hydrogen) atoms. The number of hydrogen-bond acceptors (Lipinski definition) is 6. The van der Waals surface area contributed by atoms with E-state index in [2.05, 4.69) is 0 Å². The molecule has 10 heteroatoms. The molecule has 0 unspecified atom stereocenters. The number of non-ortho nitro benzene ring substituents is 2. The number of nitro benzene ring substituents is 2. The van der Waals surface area contributed by atoms with Gasteiger partial charge in [-0.15, -0.1) is 0 Å². The summed E-state index contributed by atoms with van der Waals surface area (Å²) in [5, 5.41) is 22.0. The first-order valence-electron chi connectivity index (χ1n) is 12.3. The summed E-state index contributed by atoms with van der Waals surface area (Å²) in [4.78, 5) is 51.0. The Hall–Kier alpha value is -4.60. The molecule has 10 nitrogen and oxygen atoms in total. The van der Waals surface area contributed by atoms with Crippen molar-refractivity contribution in [3.8, 4) is 0 Å². The van der Waals surface area contributed by atoms with E-state index in [1.807, 2.05) is 27.7 Å². The molecule has 3 aromatic rings. The molecule has 0 bridgehead atoms. The Morgan fingerprint density at radius 1 is 0.632 bits per heavy atom. The van der Waals surface area contributed by atoms with E-state index in [0.717, 1.165) is 0 Å². The van der Waals surface area contributed by atoms with Gasteiger partial charge in [-0.1, -0.05) is 13.8 Å². The van der Waals surface area contributed by atoms with Gasteiger partial charge in [0.25, 0.3) is 23.2 Å². The number of benzene rings is 3. The van der Waals surface area contributed by atoms with Crippen LogP contribution in [0.2, 0.25) is 0 Å². The Morgan fingerprint density at radius 3 is 1.16 bits per heavy atom. The predicted octanol–water partition coefficient (Wildman–Crippen LogP) is 6.39. The van der Waals surface area contributed by atoms with Crippen LogP contribution in [0.3, 0.4) is 0 Å². The predicted molar refractivity (Wildman–Crippen MR) is 146 cm³/mol. The van der Waals surface area contributed by atoms with E-state index in [9.17, 15) is 29.8 Å².